The van der Waals surface area contributed by atoms with E-state index in [1.807, 2.05) is 25.1 Å². The van der Waals surface area contributed by atoms with Gasteiger partial charge in [0.05, 0.1) is 17.5 Å². The van der Waals surface area contributed by atoms with E-state index < -0.39 is 10.0 Å². The molecule has 1 aliphatic rings. The van der Waals surface area contributed by atoms with Crippen molar-refractivity contribution in [3.8, 4) is 0 Å². The van der Waals surface area contributed by atoms with E-state index in [1.54, 1.807) is 36.3 Å². The van der Waals surface area contributed by atoms with Gasteiger partial charge in [-0.1, -0.05) is 12.1 Å². The number of hydrogen-bond donors (Lipinski definition) is 1. The second-order valence-electron chi connectivity index (χ2n) is 6.01. The van der Waals surface area contributed by atoms with Crippen molar-refractivity contribution >= 4 is 21.6 Å². The van der Waals surface area contributed by atoms with Crippen LogP contribution in [0.2, 0.25) is 0 Å². The van der Waals surface area contributed by atoms with Gasteiger partial charge in [0.15, 0.2) is 0 Å². The molecule has 0 saturated carbocycles. The fourth-order valence-corrected chi connectivity index (χ4v) is 4.48. The minimum Gasteiger partial charge on any atom is -0.357 e. The molecule has 0 unspecified atom stereocenters. The smallest absolute Gasteiger partial charge is 0.270 e. The third-order valence-corrected chi connectivity index (χ3v) is 6.34. The van der Waals surface area contributed by atoms with E-state index >= 15 is 0 Å². The number of H-pyrrole nitrogens is 1. The quantitative estimate of drug-likeness (QED) is 0.923. The van der Waals surface area contributed by atoms with Crippen LogP contribution in [0, 0.1) is 0 Å². The van der Waals surface area contributed by atoms with Crippen LogP contribution in [0.4, 0.5) is 5.69 Å². The summed E-state index contributed by atoms with van der Waals surface area (Å²) in [5.74, 6) is 0.0875. The molecule has 3 rings (SSSR count). The van der Waals surface area contributed by atoms with Crippen molar-refractivity contribution in [3.05, 3.63) is 53.9 Å². The molecule has 0 aliphatic carbocycles. The normalized spacial score (nSPS) is 17.7. The van der Waals surface area contributed by atoms with Gasteiger partial charge in [0.2, 0.25) is 10.0 Å². The maximum atomic E-state index is 12.5. The van der Waals surface area contributed by atoms with Gasteiger partial charge in [0.1, 0.15) is 5.69 Å². The molecular weight excluding hydrogens is 326 g/mol. The molecule has 0 radical (unpaired) electrons. The van der Waals surface area contributed by atoms with Crippen LogP contribution in [0.25, 0.3) is 0 Å². The molecular formula is C17H21N3O3S. The van der Waals surface area contributed by atoms with E-state index in [0.717, 1.165) is 5.56 Å². The molecule has 0 spiro atoms. The van der Waals surface area contributed by atoms with Gasteiger partial charge in [-0.05, 0) is 43.2 Å². The van der Waals surface area contributed by atoms with Crippen LogP contribution in [0.3, 0.4) is 0 Å². The van der Waals surface area contributed by atoms with Crippen LogP contribution in [0.5, 0.6) is 0 Å². The number of aromatic nitrogens is 1. The highest BCUT2D eigenvalue weighted by Gasteiger charge is 2.29. The highest BCUT2D eigenvalue weighted by atomic mass is 32.2. The molecule has 1 saturated heterocycles. The fourth-order valence-electron chi connectivity index (χ4n) is 2.92. The Hall–Kier alpha value is -2.28. The molecule has 1 aromatic carbocycles. The van der Waals surface area contributed by atoms with Crippen LogP contribution in [0.15, 0.2) is 42.6 Å². The van der Waals surface area contributed by atoms with Crippen molar-refractivity contribution < 1.29 is 13.2 Å². The van der Waals surface area contributed by atoms with Crippen LogP contribution >= 0.6 is 0 Å². The van der Waals surface area contributed by atoms with Crippen molar-refractivity contribution in [2.75, 3.05) is 23.7 Å². The Morgan fingerprint density at radius 1 is 1.29 bits per heavy atom. The molecule has 128 valence electrons. The Kier molecular flexibility index (Phi) is 4.36. The van der Waals surface area contributed by atoms with Gasteiger partial charge in [-0.3, -0.25) is 9.10 Å². The lowest BCUT2D eigenvalue weighted by atomic mass is 10.1. The van der Waals surface area contributed by atoms with E-state index in [-0.39, 0.29) is 17.7 Å². The van der Waals surface area contributed by atoms with Crippen molar-refractivity contribution in [1.29, 1.82) is 0 Å². The third-order valence-electron chi connectivity index (χ3n) is 4.47. The first kappa shape index (κ1) is 16.6. The second kappa shape index (κ2) is 6.32. The number of anilines is 1. The molecule has 7 heteroatoms. The lowest BCUT2D eigenvalue weighted by Gasteiger charge is -2.26. The predicted octanol–water partition coefficient (Wildman–Crippen LogP) is 2.39. The number of carbonyl (C=O) groups is 1. The molecule has 1 aromatic heterocycles. The number of sulfonamides is 1. The number of aromatic amines is 1. The zero-order valence-electron chi connectivity index (χ0n) is 13.8. The van der Waals surface area contributed by atoms with E-state index in [1.165, 1.54) is 4.31 Å². The van der Waals surface area contributed by atoms with Crippen molar-refractivity contribution in [3.63, 3.8) is 0 Å². The van der Waals surface area contributed by atoms with E-state index in [9.17, 15) is 13.2 Å². The summed E-state index contributed by atoms with van der Waals surface area (Å²) in [6, 6.07) is 10.7. The average Bonchev–Trinajstić information content (AvgIpc) is 3.22. The summed E-state index contributed by atoms with van der Waals surface area (Å²) in [7, 11) is -1.46. The Balaban J connectivity index is 1.84. The minimum absolute atomic E-state index is 0.105. The van der Waals surface area contributed by atoms with Crippen LogP contribution in [-0.2, 0) is 10.0 Å². The summed E-state index contributed by atoms with van der Waals surface area (Å²) in [5.41, 5.74) is 2.09. The zero-order chi connectivity index (χ0) is 17.3. The molecule has 6 nitrogen and oxygen atoms in total. The number of nitrogens with one attached hydrogen (secondary N) is 1. The largest absolute Gasteiger partial charge is 0.357 e. The molecule has 2 aromatic rings. The number of amides is 1. The molecule has 1 fully saturated rings. The molecule has 0 bridgehead atoms. The van der Waals surface area contributed by atoms with Gasteiger partial charge in [-0.15, -0.1) is 0 Å². The SMILES string of the molecule is C[C@H](c1cccc(N2CCCS2(=O)=O)c1)N(C)C(=O)c1ccc[nH]1. The Morgan fingerprint density at radius 3 is 2.71 bits per heavy atom. The highest BCUT2D eigenvalue weighted by Crippen LogP contribution is 2.28. The van der Waals surface area contributed by atoms with Crippen molar-refractivity contribution in [2.45, 2.75) is 19.4 Å². The van der Waals surface area contributed by atoms with E-state index in [2.05, 4.69) is 4.98 Å². The summed E-state index contributed by atoms with van der Waals surface area (Å²) in [6.45, 7) is 2.44. The van der Waals surface area contributed by atoms with Crippen LogP contribution in [0.1, 0.15) is 35.4 Å². The van der Waals surface area contributed by atoms with Gasteiger partial charge in [0.25, 0.3) is 5.91 Å². The topological polar surface area (TPSA) is 73.5 Å². The summed E-state index contributed by atoms with van der Waals surface area (Å²) in [5, 5.41) is 0. The van der Waals surface area contributed by atoms with Crippen LogP contribution in [-0.4, -0.2) is 43.6 Å². The first-order valence-corrected chi connectivity index (χ1v) is 9.52. The third kappa shape index (κ3) is 3.03. The molecule has 24 heavy (non-hydrogen) atoms. The Labute approximate surface area is 142 Å². The van der Waals surface area contributed by atoms with E-state index in [4.69, 9.17) is 0 Å². The Morgan fingerprint density at radius 2 is 2.08 bits per heavy atom. The van der Waals surface area contributed by atoms with Gasteiger partial charge < -0.3 is 9.88 Å². The number of carbonyl (C=O) groups excluding carboxylic acids is 1. The van der Waals surface area contributed by atoms with Gasteiger partial charge in [0, 0.05) is 19.8 Å². The van der Waals surface area contributed by atoms with Gasteiger partial charge in [-0.2, -0.15) is 0 Å². The molecule has 2 heterocycles. The molecule has 1 N–H and O–H groups in total. The second-order valence-corrected chi connectivity index (χ2v) is 8.03. The lowest BCUT2D eigenvalue weighted by Crippen LogP contribution is -2.30. The summed E-state index contributed by atoms with van der Waals surface area (Å²) in [4.78, 5) is 17.0. The molecule has 1 aliphatic heterocycles. The zero-order valence-corrected chi connectivity index (χ0v) is 14.6. The monoisotopic (exact) mass is 347 g/mol. The maximum absolute atomic E-state index is 12.5. The van der Waals surface area contributed by atoms with Crippen molar-refractivity contribution in [2.24, 2.45) is 0 Å². The van der Waals surface area contributed by atoms with Crippen molar-refractivity contribution in [1.82, 2.24) is 9.88 Å². The van der Waals surface area contributed by atoms with Gasteiger partial charge >= 0.3 is 0 Å². The number of hydrogen-bond acceptors (Lipinski definition) is 3. The lowest BCUT2D eigenvalue weighted by molar-refractivity contribution is 0.0737. The van der Waals surface area contributed by atoms with Gasteiger partial charge in [-0.25, -0.2) is 8.42 Å². The van der Waals surface area contributed by atoms with E-state index in [0.29, 0.717) is 24.3 Å². The molecule has 1 amide bonds. The summed E-state index contributed by atoms with van der Waals surface area (Å²) >= 11 is 0. The number of nitrogens with zero attached hydrogens (tertiary/aromatic N) is 2. The summed E-state index contributed by atoms with van der Waals surface area (Å²) < 4.78 is 25.7. The first-order chi connectivity index (χ1) is 11.4. The summed E-state index contributed by atoms with van der Waals surface area (Å²) in [6.07, 6.45) is 2.36. The highest BCUT2D eigenvalue weighted by molar-refractivity contribution is 7.93. The minimum atomic E-state index is -3.21. The predicted molar refractivity (Wildman–Crippen MR) is 93.5 cm³/mol. The molecule has 1 atom stereocenters. The number of rotatable bonds is 4. The number of benzene rings is 1. The average molecular weight is 347 g/mol. The first-order valence-electron chi connectivity index (χ1n) is 7.91. The maximum Gasteiger partial charge on any atom is 0.270 e. The van der Waals surface area contributed by atoms with Crippen LogP contribution < -0.4 is 4.31 Å². The fraction of sp³-hybridized carbons (Fsp3) is 0.353. The Bertz CT molecular complexity index is 831. The standard InChI is InChI=1S/C17H21N3O3S/c1-13(19(2)17(21)16-8-4-9-18-16)14-6-3-7-15(12-14)20-10-5-11-24(20,22)23/h3-4,6-9,12-13,18H,5,10-11H2,1-2H3/t13-/m1/s1.